The van der Waals surface area contributed by atoms with Gasteiger partial charge < -0.3 is 9.88 Å². The van der Waals surface area contributed by atoms with Crippen LogP contribution in [0.25, 0.3) is 22.8 Å². The number of fused-ring (bicyclic) bond motifs is 3. The van der Waals surface area contributed by atoms with Crippen LogP contribution in [0.15, 0.2) is 55.0 Å². The van der Waals surface area contributed by atoms with Crippen LogP contribution in [0.1, 0.15) is 36.5 Å². The summed E-state index contributed by atoms with van der Waals surface area (Å²) in [6.07, 6.45) is 4.58. The smallest absolute Gasteiger partial charge is 0.335 e. The van der Waals surface area contributed by atoms with Crippen LogP contribution in [0, 0.1) is 12.7 Å². The lowest BCUT2D eigenvalue weighted by molar-refractivity contribution is 0.0231. The van der Waals surface area contributed by atoms with Gasteiger partial charge in [0.1, 0.15) is 11.6 Å². The minimum atomic E-state index is -3.71. The van der Waals surface area contributed by atoms with Crippen molar-refractivity contribution in [3.8, 4) is 22.8 Å². The molecule has 1 aliphatic rings. The van der Waals surface area contributed by atoms with E-state index in [1.165, 1.54) is 29.0 Å². The number of hydrogen-bond acceptors (Lipinski definition) is 6. The molecule has 40 heavy (non-hydrogen) atoms. The third-order valence-electron chi connectivity index (χ3n) is 6.56. The Bertz CT molecular complexity index is 1690. The van der Waals surface area contributed by atoms with Crippen molar-refractivity contribution in [1.82, 2.24) is 39.1 Å². The van der Waals surface area contributed by atoms with Gasteiger partial charge in [-0.2, -0.15) is 40.8 Å². The number of aromatic nitrogens is 8. The number of hydrogen-bond donors (Lipinski definition) is 1. The van der Waals surface area contributed by atoms with Gasteiger partial charge in [-0.15, -0.1) is 10.2 Å². The molecule has 208 valence electrons. The molecule has 15 heteroatoms. The molecular formula is C25H22F5N9S. The van der Waals surface area contributed by atoms with Gasteiger partial charge >= 0.3 is 12.5 Å². The van der Waals surface area contributed by atoms with Gasteiger partial charge in [-0.3, -0.25) is 4.57 Å². The van der Waals surface area contributed by atoms with Crippen LogP contribution in [-0.2, 0) is 12.5 Å². The lowest BCUT2D eigenvalue weighted by Crippen LogP contribution is -2.28. The van der Waals surface area contributed by atoms with Crippen molar-refractivity contribution in [3.05, 3.63) is 77.8 Å². The maximum absolute atomic E-state index is 15.5. The zero-order valence-corrected chi connectivity index (χ0v) is 22.0. The summed E-state index contributed by atoms with van der Waals surface area (Å²) >= 11 is 0. The highest BCUT2D eigenvalue weighted by atomic mass is 32.1. The predicted octanol–water partition coefficient (Wildman–Crippen LogP) is 5.81. The van der Waals surface area contributed by atoms with E-state index in [2.05, 4.69) is 30.6 Å². The van der Waals surface area contributed by atoms with Crippen molar-refractivity contribution in [2.45, 2.75) is 38.9 Å². The minimum Gasteiger partial charge on any atom is -0.342 e. The minimum absolute atomic E-state index is 0. The molecule has 0 bridgehead atoms. The second kappa shape index (κ2) is 10.0. The third kappa shape index (κ3) is 4.39. The quantitative estimate of drug-likeness (QED) is 0.257. The summed E-state index contributed by atoms with van der Waals surface area (Å²) in [6, 6.07) is 7.34. The normalized spacial score (nSPS) is 14.6. The first-order valence-corrected chi connectivity index (χ1v) is 11.9. The molecule has 5 heterocycles. The summed E-state index contributed by atoms with van der Waals surface area (Å²) < 4.78 is 75.3. The zero-order valence-electron chi connectivity index (χ0n) is 21.0. The Morgan fingerprint density at radius 2 is 1.90 bits per heavy atom. The highest BCUT2D eigenvalue weighted by molar-refractivity contribution is 7.59. The number of nitrogens with zero attached hydrogens (tertiary/aromatic N) is 8. The van der Waals surface area contributed by atoms with Crippen molar-refractivity contribution >= 4 is 25.3 Å². The van der Waals surface area contributed by atoms with Gasteiger partial charge in [-0.05, 0) is 37.6 Å². The molecule has 0 radical (unpaired) electrons. The van der Waals surface area contributed by atoms with E-state index in [0.29, 0.717) is 33.7 Å². The number of benzene rings is 1. The molecule has 6 rings (SSSR count). The fourth-order valence-electron chi connectivity index (χ4n) is 4.76. The van der Waals surface area contributed by atoms with Crippen molar-refractivity contribution in [2.24, 2.45) is 0 Å². The molecule has 1 aromatic carbocycles. The van der Waals surface area contributed by atoms with E-state index >= 15 is 8.78 Å². The van der Waals surface area contributed by atoms with Crippen LogP contribution in [0.5, 0.6) is 0 Å². The first-order chi connectivity index (χ1) is 18.6. The Morgan fingerprint density at radius 1 is 1.12 bits per heavy atom. The van der Waals surface area contributed by atoms with Crippen LogP contribution in [0.4, 0.5) is 33.7 Å². The first kappa shape index (κ1) is 27.3. The number of aryl methyl sites for hydroxylation is 1. The Balaban J connectivity index is 0.00000323. The molecule has 9 nitrogen and oxygen atoms in total. The van der Waals surface area contributed by atoms with Crippen molar-refractivity contribution < 1.29 is 22.0 Å². The molecular weight excluding hydrogens is 553 g/mol. The molecule has 0 unspecified atom stereocenters. The van der Waals surface area contributed by atoms with E-state index in [-0.39, 0.29) is 31.1 Å². The zero-order chi connectivity index (χ0) is 27.5. The molecule has 0 spiro atoms. The number of nitrogens with one attached hydrogen (secondary N) is 1. The molecule has 0 fully saturated rings. The summed E-state index contributed by atoms with van der Waals surface area (Å²) in [7, 11) is 0. The Morgan fingerprint density at radius 3 is 2.65 bits per heavy atom. The number of rotatable bonds is 6. The standard InChI is InChI=1S/C25H20F5N9.H2S/c1-13-10-31-24(33-19-7-8-32-39(19)23(27)28)34-20(13)15-9-18-21-35-36-22(38(21)14(2)11-37(18)12-15)25(29,30)16-5-3-4-6-17(16)26;/h3-10,12,14,23H,11H2,1-2H3,(H,31,33,34);1H2/t14-;/m0./s1. The molecule has 0 aliphatic carbocycles. The highest BCUT2D eigenvalue weighted by Crippen LogP contribution is 2.42. The largest absolute Gasteiger partial charge is 0.342 e. The average molecular weight is 576 g/mol. The van der Waals surface area contributed by atoms with Crippen LogP contribution in [0.2, 0.25) is 0 Å². The van der Waals surface area contributed by atoms with E-state index in [1.54, 1.807) is 32.3 Å². The Labute approximate surface area is 231 Å². The third-order valence-corrected chi connectivity index (χ3v) is 6.56. The predicted molar refractivity (Wildman–Crippen MR) is 140 cm³/mol. The summed E-state index contributed by atoms with van der Waals surface area (Å²) in [5, 5.41) is 14.2. The fourth-order valence-corrected chi connectivity index (χ4v) is 4.76. The average Bonchev–Trinajstić information content (AvgIpc) is 3.63. The topological polar surface area (TPSA) is 91.3 Å². The van der Waals surface area contributed by atoms with E-state index in [4.69, 9.17) is 0 Å². The van der Waals surface area contributed by atoms with Gasteiger partial charge in [0, 0.05) is 30.6 Å². The monoisotopic (exact) mass is 575 g/mol. The van der Waals surface area contributed by atoms with Gasteiger partial charge in [0.15, 0.2) is 5.82 Å². The Hall–Kier alpha value is -4.27. The van der Waals surface area contributed by atoms with Crippen LogP contribution >= 0.6 is 13.5 Å². The summed E-state index contributed by atoms with van der Waals surface area (Å²) in [5.41, 5.74) is 1.59. The molecule has 4 aromatic heterocycles. The summed E-state index contributed by atoms with van der Waals surface area (Å²) in [6.45, 7) is 1.02. The first-order valence-electron chi connectivity index (χ1n) is 11.9. The molecule has 1 N–H and O–H groups in total. The van der Waals surface area contributed by atoms with Gasteiger partial charge in [0.05, 0.1) is 29.2 Å². The van der Waals surface area contributed by atoms with E-state index in [9.17, 15) is 13.2 Å². The lowest BCUT2D eigenvalue weighted by Gasteiger charge is -2.27. The molecule has 5 aromatic rings. The lowest BCUT2D eigenvalue weighted by atomic mass is 10.1. The van der Waals surface area contributed by atoms with Crippen LogP contribution in [-0.4, -0.2) is 39.1 Å². The van der Waals surface area contributed by atoms with Crippen molar-refractivity contribution in [2.75, 3.05) is 5.32 Å². The van der Waals surface area contributed by atoms with Crippen LogP contribution < -0.4 is 5.32 Å². The highest BCUT2D eigenvalue weighted by Gasteiger charge is 2.44. The number of halogens is 5. The fraction of sp³-hybridized carbons (Fsp3) is 0.240. The molecule has 0 saturated heterocycles. The van der Waals surface area contributed by atoms with Gasteiger partial charge in [0.2, 0.25) is 11.8 Å². The van der Waals surface area contributed by atoms with Crippen LogP contribution in [0.3, 0.4) is 0 Å². The van der Waals surface area contributed by atoms with E-state index < -0.39 is 35.7 Å². The summed E-state index contributed by atoms with van der Waals surface area (Å²) in [4.78, 5) is 8.68. The molecule has 1 atom stereocenters. The number of anilines is 2. The maximum Gasteiger partial charge on any atom is 0.335 e. The number of alkyl halides is 4. The van der Waals surface area contributed by atoms with Gasteiger partial charge in [-0.25, -0.2) is 14.4 Å². The van der Waals surface area contributed by atoms with Gasteiger partial charge in [-0.1, -0.05) is 12.1 Å². The van der Waals surface area contributed by atoms with E-state index in [1.807, 2.05) is 4.57 Å². The SMILES string of the molecule is Cc1cnc(Nc2ccnn2C(F)F)nc1-c1cc2n(c1)C[C@H](C)n1c-2nnc1C(F)(F)c1ccccc1F.S. The van der Waals surface area contributed by atoms with E-state index in [0.717, 1.165) is 12.1 Å². The summed E-state index contributed by atoms with van der Waals surface area (Å²) in [5.74, 6) is -5.10. The van der Waals surface area contributed by atoms with Crippen molar-refractivity contribution in [1.29, 1.82) is 0 Å². The molecule has 0 saturated carbocycles. The second-order valence-electron chi connectivity index (χ2n) is 9.18. The van der Waals surface area contributed by atoms with Crippen molar-refractivity contribution in [3.63, 3.8) is 0 Å². The maximum atomic E-state index is 15.5. The Kier molecular flexibility index (Phi) is 6.85. The molecule has 0 amide bonds. The molecule has 1 aliphatic heterocycles. The van der Waals surface area contributed by atoms with Gasteiger partial charge in [0.25, 0.3) is 0 Å². The second-order valence-corrected chi connectivity index (χ2v) is 9.18.